The second-order valence-corrected chi connectivity index (χ2v) is 5.29. The molecule has 2 nitrogen and oxygen atoms in total. The molecule has 1 amide bonds. The zero-order valence-electron chi connectivity index (χ0n) is 12.0. The summed E-state index contributed by atoms with van der Waals surface area (Å²) in [5, 5.41) is 2.79. The molecule has 0 aromatic carbocycles. The molecule has 1 N–H and O–H groups in total. The van der Waals surface area contributed by atoms with Gasteiger partial charge in [-0.3, -0.25) is 4.79 Å². The first-order valence-electron chi connectivity index (χ1n) is 7.64. The number of rotatable bonds is 13. The molecule has 0 aliphatic rings. The van der Waals surface area contributed by atoms with Gasteiger partial charge >= 0.3 is 0 Å². The van der Waals surface area contributed by atoms with Crippen LogP contribution in [0.2, 0.25) is 0 Å². The van der Waals surface area contributed by atoms with Crippen molar-refractivity contribution >= 4 is 17.5 Å². The van der Waals surface area contributed by atoms with E-state index in [1.54, 1.807) is 0 Å². The first kappa shape index (κ1) is 17.8. The van der Waals surface area contributed by atoms with Crippen LogP contribution in [0.5, 0.6) is 0 Å². The van der Waals surface area contributed by atoms with Crippen molar-refractivity contribution in [1.29, 1.82) is 0 Å². The Morgan fingerprint density at radius 1 is 0.833 bits per heavy atom. The number of alkyl halides is 1. The van der Waals surface area contributed by atoms with Crippen LogP contribution in [0, 0.1) is 0 Å². The quantitative estimate of drug-likeness (QED) is 0.385. The lowest BCUT2D eigenvalue weighted by atomic mass is 10.1. The first-order valence-corrected chi connectivity index (χ1v) is 8.17. The molecule has 0 aliphatic heterocycles. The highest BCUT2D eigenvalue weighted by Gasteiger charge is 1.96. The van der Waals surface area contributed by atoms with Gasteiger partial charge in [0.1, 0.15) is 5.88 Å². The summed E-state index contributed by atoms with van der Waals surface area (Å²) in [4.78, 5) is 10.9. The maximum Gasteiger partial charge on any atom is 0.234 e. The zero-order valence-corrected chi connectivity index (χ0v) is 12.7. The topological polar surface area (TPSA) is 29.1 Å². The van der Waals surface area contributed by atoms with Gasteiger partial charge in [-0.25, -0.2) is 0 Å². The fourth-order valence-corrected chi connectivity index (χ4v) is 2.16. The van der Waals surface area contributed by atoms with E-state index < -0.39 is 0 Å². The summed E-state index contributed by atoms with van der Waals surface area (Å²) in [7, 11) is 0. The fourth-order valence-electron chi connectivity index (χ4n) is 2.06. The average molecular weight is 276 g/mol. The number of amides is 1. The van der Waals surface area contributed by atoms with E-state index in [1.807, 2.05) is 0 Å². The lowest BCUT2D eigenvalue weighted by Gasteiger charge is -2.03. The van der Waals surface area contributed by atoms with E-state index in [4.69, 9.17) is 11.6 Å². The van der Waals surface area contributed by atoms with Gasteiger partial charge in [0.25, 0.3) is 0 Å². The highest BCUT2D eigenvalue weighted by atomic mass is 35.5. The molecule has 0 fully saturated rings. The molecular weight excluding hydrogens is 246 g/mol. The Morgan fingerprint density at radius 3 is 1.72 bits per heavy atom. The molecule has 3 heteroatoms. The lowest BCUT2D eigenvalue weighted by Crippen LogP contribution is -2.25. The van der Waals surface area contributed by atoms with E-state index in [2.05, 4.69) is 12.2 Å². The maximum atomic E-state index is 10.9. The predicted octanol–water partition coefficient (Wildman–Crippen LogP) is 4.65. The van der Waals surface area contributed by atoms with Crippen molar-refractivity contribution in [3.8, 4) is 0 Å². The molecule has 18 heavy (non-hydrogen) atoms. The Bertz CT molecular complexity index is 185. The van der Waals surface area contributed by atoms with Crippen LogP contribution in [0.25, 0.3) is 0 Å². The molecular formula is C15H30ClNO. The minimum absolute atomic E-state index is 0.0521. The van der Waals surface area contributed by atoms with Gasteiger partial charge in [0.2, 0.25) is 5.91 Å². The van der Waals surface area contributed by atoms with Crippen molar-refractivity contribution in [2.24, 2.45) is 0 Å². The van der Waals surface area contributed by atoms with Crippen molar-refractivity contribution < 1.29 is 4.79 Å². The van der Waals surface area contributed by atoms with Gasteiger partial charge in [-0.1, -0.05) is 71.1 Å². The number of hydrogen-bond donors (Lipinski definition) is 1. The highest BCUT2D eigenvalue weighted by Crippen LogP contribution is 2.10. The standard InChI is InChI=1S/C15H30ClNO/c1-2-3-4-5-6-7-8-9-10-11-12-13-17-15(18)14-16/h2-14H2,1H3,(H,17,18). The zero-order chi connectivity index (χ0) is 13.5. The monoisotopic (exact) mass is 275 g/mol. The summed E-state index contributed by atoms with van der Waals surface area (Å²) in [5.74, 6) is 0.0293. The smallest absolute Gasteiger partial charge is 0.234 e. The van der Waals surface area contributed by atoms with Crippen LogP contribution in [0.4, 0.5) is 0 Å². The molecule has 0 aromatic heterocycles. The Morgan fingerprint density at radius 2 is 1.28 bits per heavy atom. The number of halogens is 1. The molecule has 0 heterocycles. The van der Waals surface area contributed by atoms with Crippen molar-refractivity contribution in [2.45, 2.75) is 77.6 Å². The van der Waals surface area contributed by atoms with E-state index >= 15 is 0 Å². The van der Waals surface area contributed by atoms with Gasteiger partial charge in [-0.05, 0) is 6.42 Å². The summed E-state index contributed by atoms with van der Waals surface area (Å²) < 4.78 is 0. The molecule has 0 bridgehead atoms. The average Bonchev–Trinajstić information content (AvgIpc) is 2.39. The maximum absolute atomic E-state index is 10.9. The van der Waals surface area contributed by atoms with Crippen LogP contribution in [0.3, 0.4) is 0 Å². The van der Waals surface area contributed by atoms with Crippen LogP contribution in [-0.4, -0.2) is 18.3 Å². The molecule has 0 aliphatic carbocycles. The summed E-state index contributed by atoms with van der Waals surface area (Å²) in [6, 6.07) is 0. The van der Waals surface area contributed by atoms with Gasteiger partial charge in [0, 0.05) is 6.54 Å². The first-order chi connectivity index (χ1) is 8.81. The third-order valence-electron chi connectivity index (χ3n) is 3.22. The Balaban J connectivity index is 2.97. The van der Waals surface area contributed by atoms with Crippen LogP contribution in [0.15, 0.2) is 0 Å². The van der Waals surface area contributed by atoms with Gasteiger partial charge in [0.15, 0.2) is 0 Å². The summed E-state index contributed by atoms with van der Waals surface area (Å²) in [6.07, 6.45) is 14.7. The van der Waals surface area contributed by atoms with Crippen molar-refractivity contribution in [3.05, 3.63) is 0 Å². The van der Waals surface area contributed by atoms with Gasteiger partial charge < -0.3 is 5.32 Å². The van der Waals surface area contributed by atoms with Crippen LogP contribution in [-0.2, 0) is 4.79 Å². The summed E-state index contributed by atoms with van der Waals surface area (Å²) in [5.41, 5.74) is 0. The molecule has 108 valence electrons. The molecule has 0 rings (SSSR count). The van der Waals surface area contributed by atoms with E-state index in [9.17, 15) is 4.79 Å². The molecule has 0 unspecified atom stereocenters. The van der Waals surface area contributed by atoms with E-state index in [-0.39, 0.29) is 11.8 Å². The summed E-state index contributed by atoms with van der Waals surface area (Å²) in [6.45, 7) is 3.04. The fraction of sp³-hybridized carbons (Fsp3) is 0.933. The number of nitrogens with one attached hydrogen (secondary N) is 1. The van der Waals surface area contributed by atoms with Crippen LogP contribution < -0.4 is 5.32 Å². The van der Waals surface area contributed by atoms with Crippen molar-refractivity contribution in [2.75, 3.05) is 12.4 Å². The Kier molecular flexibility index (Phi) is 14.6. The molecule has 0 aromatic rings. The van der Waals surface area contributed by atoms with E-state index in [0.29, 0.717) is 0 Å². The normalized spacial score (nSPS) is 10.6. The third-order valence-corrected chi connectivity index (χ3v) is 3.47. The third kappa shape index (κ3) is 13.8. The highest BCUT2D eigenvalue weighted by molar-refractivity contribution is 6.27. The van der Waals surface area contributed by atoms with Crippen LogP contribution in [0.1, 0.15) is 77.6 Å². The number of hydrogen-bond acceptors (Lipinski definition) is 1. The predicted molar refractivity (Wildman–Crippen MR) is 80.2 cm³/mol. The van der Waals surface area contributed by atoms with Crippen molar-refractivity contribution in [3.63, 3.8) is 0 Å². The molecule has 0 radical (unpaired) electrons. The lowest BCUT2D eigenvalue weighted by molar-refractivity contribution is -0.118. The second kappa shape index (κ2) is 14.8. The summed E-state index contributed by atoms with van der Waals surface area (Å²) >= 11 is 5.38. The van der Waals surface area contributed by atoms with Gasteiger partial charge in [0.05, 0.1) is 0 Å². The molecule has 0 saturated carbocycles. The molecule has 0 atom stereocenters. The van der Waals surface area contributed by atoms with Crippen molar-refractivity contribution in [1.82, 2.24) is 5.32 Å². The van der Waals surface area contributed by atoms with Gasteiger partial charge in [-0.2, -0.15) is 0 Å². The number of carbonyl (C=O) groups excluding carboxylic acids is 1. The second-order valence-electron chi connectivity index (χ2n) is 5.02. The minimum Gasteiger partial charge on any atom is -0.355 e. The largest absolute Gasteiger partial charge is 0.355 e. The van der Waals surface area contributed by atoms with E-state index in [0.717, 1.165) is 13.0 Å². The minimum atomic E-state index is -0.0521. The van der Waals surface area contributed by atoms with Crippen LogP contribution >= 0.6 is 11.6 Å². The molecule has 0 spiro atoms. The Hall–Kier alpha value is -0.240. The van der Waals surface area contributed by atoms with E-state index in [1.165, 1.54) is 64.2 Å². The van der Waals surface area contributed by atoms with Gasteiger partial charge in [-0.15, -0.1) is 11.6 Å². The Labute approximate surface area is 118 Å². The number of unbranched alkanes of at least 4 members (excludes halogenated alkanes) is 10. The SMILES string of the molecule is CCCCCCCCCCCCCNC(=O)CCl. The molecule has 0 saturated heterocycles. The number of carbonyl (C=O) groups is 1.